The number of unbranched alkanes of at least 4 members (excludes halogenated alkanes) is 3. The Labute approximate surface area is 148 Å². The molecular formula is C18H36O5Si. The summed E-state index contributed by atoms with van der Waals surface area (Å²) >= 11 is 0. The van der Waals surface area contributed by atoms with E-state index < -0.39 is 8.32 Å². The summed E-state index contributed by atoms with van der Waals surface area (Å²) in [5, 5.41) is 0. The standard InChI is InChI=1S/C18H36O5Si/c1-2-3-4-5-10-24(19,11-6-8-20-13-17-15-22-17)12-7-9-21-14-18-16-23-18/h17-19H,2-16H2,1H3. The second-order valence-corrected chi connectivity index (χ2v) is 11.3. The molecule has 2 rings (SSSR count). The van der Waals surface area contributed by atoms with Gasteiger partial charge >= 0.3 is 0 Å². The Kier molecular flexibility index (Phi) is 9.82. The molecule has 2 heterocycles. The maximum Gasteiger partial charge on any atom is 0.188 e. The zero-order valence-corrected chi connectivity index (χ0v) is 16.3. The molecule has 6 heteroatoms. The third-order valence-corrected chi connectivity index (χ3v) is 8.62. The van der Waals surface area contributed by atoms with Gasteiger partial charge in [-0.1, -0.05) is 32.6 Å². The molecule has 2 aliphatic rings. The van der Waals surface area contributed by atoms with Crippen LogP contribution in [-0.2, 0) is 18.9 Å². The van der Waals surface area contributed by atoms with E-state index in [-0.39, 0.29) is 0 Å². The summed E-state index contributed by atoms with van der Waals surface area (Å²) in [6.07, 6.45) is 7.56. The first-order chi connectivity index (χ1) is 11.7. The minimum atomic E-state index is -2.15. The third kappa shape index (κ3) is 10.1. The quantitative estimate of drug-likeness (QED) is 0.245. The first kappa shape index (κ1) is 20.3. The van der Waals surface area contributed by atoms with Crippen LogP contribution >= 0.6 is 0 Å². The minimum Gasteiger partial charge on any atom is -0.432 e. The molecular weight excluding hydrogens is 324 g/mol. The van der Waals surface area contributed by atoms with Crippen LogP contribution in [0.1, 0.15) is 45.4 Å². The molecule has 142 valence electrons. The maximum absolute atomic E-state index is 11.1. The maximum atomic E-state index is 11.1. The van der Waals surface area contributed by atoms with Crippen LogP contribution in [0.3, 0.4) is 0 Å². The highest BCUT2D eigenvalue weighted by atomic mass is 28.4. The van der Waals surface area contributed by atoms with Gasteiger partial charge in [0.2, 0.25) is 0 Å². The van der Waals surface area contributed by atoms with Gasteiger partial charge in [-0.15, -0.1) is 0 Å². The Bertz CT molecular complexity index is 299. The van der Waals surface area contributed by atoms with Crippen LogP contribution in [0, 0.1) is 0 Å². The Morgan fingerprint density at radius 2 is 1.33 bits per heavy atom. The van der Waals surface area contributed by atoms with Crippen molar-refractivity contribution in [3.05, 3.63) is 0 Å². The van der Waals surface area contributed by atoms with Gasteiger partial charge in [0.05, 0.1) is 26.4 Å². The van der Waals surface area contributed by atoms with E-state index in [1.54, 1.807) is 0 Å². The van der Waals surface area contributed by atoms with Crippen LogP contribution in [0.25, 0.3) is 0 Å². The van der Waals surface area contributed by atoms with Crippen molar-refractivity contribution in [2.24, 2.45) is 0 Å². The van der Waals surface area contributed by atoms with E-state index in [0.717, 1.165) is 57.4 Å². The number of rotatable bonds is 17. The van der Waals surface area contributed by atoms with Gasteiger partial charge in [0.25, 0.3) is 0 Å². The molecule has 0 saturated carbocycles. The summed E-state index contributed by atoms with van der Waals surface area (Å²) in [5.74, 6) is 0. The molecule has 2 saturated heterocycles. The zero-order valence-electron chi connectivity index (χ0n) is 15.3. The molecule has 5 nitrogen and oxygen atoms in total. The average molecular weight is 361 g/mol. The van der Waals surface area contributed by atoms with Gasteiger partial charge in [-0.25, -0.2) is 0 Å². The van der Waals surface area contributed by atoms with Crippen molar-refractivity contribution < 1.29 is 23.7 Å². The van der Waals surface area contributed by atoms with Crippen molar-refractivity contribution in [1.82, 2.24) is 0 Å². The van der Waals surface area contributed by atoms with Crippen molar-refractivity contribution in [3.8, 4) is 0 Å². The molecule has 2 aliphatic heterocycles. The molecule has 0 spiro atoms. The Hall–Kier alpha value is 0.0169. The van der Waals surface area contributed by atoms with E-state index in [2.05, 4.69) is 6.92 Å². The van der Waals surface area contributed by atoms with Gasteiger partial charge in [-0.2, -0.15) is 0 Å². The van der Waals surface area contributed by atoms with Gasteiger partial charge in [-0.3, -0.25) is 0 Å². The Morgan fingerprint density at radius 3 is 1.79 bits per heavy atom. The summed E-state index contributed by atoms with van der Waals surface area (Å²) < 4.78 is 21.5. The van der Waals surface area contributed by atoms with Crippen LogP contribution in [0.15, 0.2) is 0 Å². The van der Waals surface area contributed by atoms with Gasteiger partial charge in [-0.05, 0) is 31.0 Å². The lowest BCUT2D eigenvalue weighted by molar-refractivity contribution is 0.114. The Balaban J connectivity index is 1.56. The predicted molar refractivity (Wildman–Crippen MR) is 96.9 cm³/mol. The SMILES string of the molecule is CCCCCC[Si](O)(CCCOCC1CO1)CCCOCC1CO1. The van der Waals surface area contributed by atoms with Crippen molar-refractivity contribution in [3.63, 3.8) is 0 Å². The largest absolute Gasteiger partial charge is 0.432 e. The average Bonchev–Trinajstić information content (AvgIpc) is 3.45. The van der Waals surface area contributed by atoms with Gasteiger partial charge in [0, 0.05) is 13.2 Å². The number of ether oxygens (including phenoxy) is 4. The molecule has 24 heavy (non-hydrogen) atoms. The van der Waals surface area contributed by atoms with Gasteiger partial charge < -0.3 is 23.7 Å². The van der Waals surface area contributed by atoms with E-state index in [0.29, 0.717) is 25.4 Å². The number of hydrogen-bond acceptors (Lipinski definition) is 5. The molecule has 0 aromatic heterocycles. The van der Waals surface area contributed by atoms with E-state index in [9.17, 15) is 4.80 Å². The molecule has 0 aliphatic carbocycles. The summed E-state index contributed by atoms with van der Waals surface area (Å²) in [5.41, 5.74) is 0. The monoisotopic (exact) mass is 360 g/mol. The fraction of sp³-hybridized carbons (Fsp3) is 1.00. The van der Waals surface area contributed by atoms with Crippen molar-refractivity contribution in [1.29, 1.82) is 0 Å². The summed E-state index contributed by atoms with van der Waals surface area (Å²) in [4.78, 5) is 11.1. The summed E-state index contributed by atoms with van der Waals surface area (Å²) in [6.45, 7) is 6.86. The fourth-order valence-electron chi connectivity index (χ4n) is 3.02. The summed E-state index contributed by atoms with van der Waals surface area (Å²) in [6, 6.07) is 2.94. The summed E-state index contributed by atoms with van der Waals surface area (Å²) in [7, 11) is -2.15. The van der Waals surface area contributed by atoms with E-state index in [1.807, 2.05) is 0 Å². The van der Waals surface area contributed by atoms with Crippen LogP contribution in [0.5, 0.6) is 0 Å². The molecule has 2 fully saturated rings. The minimum absolute atomic E-state index is 0.336. The van der Waals surface area contributed by atoms with E-state index >= 15 is 0 Å². The molecule has 0 aromatic carbocycles. The molecule has 1 N–H and O–H groups in total. The van der Waals surface area contributed by atoms with E-state index in [1.165, 1.54) is 25.7 Å². The van der Waals surface area contributed by atoms with Crippen LogP contribution in [0.2, 0.25) is 18.1 Å². The van der Waals surface area contributed by atoms with Crippen LogP contribution in [-0.4, -0.2) is 65.0 Å². The Morgan fingerprint density at radius 1 is 0.833 bits per heavy atom. The second-order valence-electron chi connectivity index (χ2n) is 7.30. The van der Waals surface area contributed by atoms with Crippen LogP contribution < -0.4 is 0 Å². The zero-order chi connectivity index (χ0) is 17.1. The van der Waals surface area contributed by atoms with Crippen molar-refractivity contribution in [2.75, 3.05) is 39.6 Å². The fourth-order valence-corrected chi connectivity index (χ4v) is 6.28. The van der Waals surface area contributed by atoms with Crippen LogP contribution in [0.4, 0.5) is 0 Å². The van der Waals surface area contributed by atoms with Crippen molar-refractivity contribution >= 4 is 8.32 Å². The molecule has 0 bridgehead atoms. The molecule has 0 radical (unpaired) electrons. The molecule has 2 atom stereocenters. The molecule has 0 aromatic rings. The third-order valence-electron chi connectivity index (χ3n) is 4.77. The highest BCUT2D eigenvalue weighted by Crippen LogP contribution is 2.25. The molecule has 0 amide bonds. The van der Waals surface area contributed by atoms with Crippen molar-refractivity contribution in [2.45, 2.75) is 75.8 Å². The lowest BCUT2D eigenvalue weighted by atomic mass is 10.2. The van der Waals surface area contributed by atoms with Gasteiger partial charge in [0.1, 0.15) is 12.2 Å². The first-order valence-corrected chi connectivity index (χ1v) is 12.4. The lowest BCUT2D eigenvalue weighted by Crippen LogP contribution is -2.34. The smallest absolute Gasteiger partial charge is 0.188 e. The van der Waals surface area contributed by atoms with E-state index in [4.69, 9.17) is 18.9 Å². The second kappa shape index (κ2) is 11.6. The van der Waals surface area contributed by atoms with Gasteiger partial charge in [0.15, 0.2) is 8.32 Å². The highest BCUT2D eigenvalue weighted by molar-refractivity contribution is 6.72. The first-order valence-electron chi connectivity index (χ1n) is 9.83. The topological polar surface area (TPSA) is 63.8 Å². The molecule has 2 unspecified atom stereocenters. The number of epoxide rings is 2. The normalized spacial score (nSPS) is 24.8. The lowest BCUT2D eigenvalue weighted by Gasteiger charge is -2.25. The predicted octanol–water partition coefficient (Wildman–Crippen LogP) is 3.12. The number of hydrogen-bond donors (Lipinski definition) is 1. The highest BCUT2D eigenvalue weighted by Gasteiger charge is 2.30.